The van der Waals surface area contributed by atoms with Gasteiger partial charge in [0.05, 0.1) is 18.8 Å². The van der Waals surface area contributed by atoms with Crippen molar-refractivity contribution in [2.45, 2.75) is 32.2 Å². The number of carboxylic acid groups (broad SMARTS) is 1. The third kappa shape index (κ3) is 3.75. The predicted octanol–water partition coefficient (Wildman–Crippen LogP) is -1.58. The van der Waals surface area contributed by atoms with Crippen molar-refractivity contribution in [3.63, 3.8) is 0 Å². The second-order valence-corrected chi connectivity index (χ2v) is 3.84. The first-order valence-corrected chi connectivity index (χ1v) is 4.70. The zero-order valence-electron chi connectivity index (χ0n) is 8.74. The molecule has 0 fully saturated rings. The van der Waals surface area contributed by atoms with Crippen molar-refractivity contribution in [2.75, 3.05) is 6.61 Å². The van der Waals surface area contributed by atoms with Gasteiger partial charge in [0.25, 0.3) is 0 Å². The molecule has 4 atom stereocenters. The van der Waals surface area contributed by atoms with Gasteiger partial charge in [-0.1, -0.05) is 13.8 Å². The Morgan fingerprint density at radius 1 is 1.20 bits per heavy atom. The minimum absolute atomic E-state index is 0.267. The van der Waals surface area contributed by atoms with Crippen LogP contribution in [-0.4, -0.2) is 56.4 Å². The van der Waals surface area contributed by atoms with Gasteiger partial charge in [-0.15, -0.1) is 0 Å². The molecule has 0 unspecified atom stereocenters. The maximum Gasteiger partial charge on any atom is 0.335 e. The van der Waals surface area contributed by atoms with Crippen LogP contribution in [0.15, 0.2) is 0 Å². The van der Waals surface area contributed by atoms with Crippen LogP contribution in [0, 0.1) is 11.8 Å². The van der Waals surface area contributed by atoms with Crippen LogP contribution in [0.1, 0.15) is 13.8 Å². The van der Waals surface area contributed by atoms with E-state index in [2.05, 4.69) is 0 Å². The van der Waals surface area contributed by atoms with Gasteiger partial charge in [-0.05, 0) is 5.92 Å². The molecule has 0 heterocycles. The standard InChI is InChI=1S/C9H18O6/c1-4(2)6(5(11)3-10)7(12)8(13)9(14)15/h4-8,10-13H,3H2,1-2H3,(H,14,15)/t5-,6-,7+,8-/m1/s1. The van der Waals surface area contributed by atoms with Crippen molar-refractivity contribution >= 4 is 5.97 Å². The molecule has 0 saturated heterocycles. The van der Waals surface area contributed by atoms with Gasteiger partial charge in [0.15, 0.2) is 6.10 Å². The molecule has 0 saturated carbocycles. The molecule has 5 N–H and O–H groups in total. The molecule has 0 bridgehead atoms. The first-order chi connectivity index (χ1) is 6.82. The van der Waals surface area contributed by atoms with Gasteiger partial charge in [-0.25, -0.2) is 4.79 Å². The van der Waals surface area contributed by atoms with Gasteiger partial charge >= 0.3 is 5.97 Å². The van der Waals surface area contributed by atoms with Gasteiger partial charge in [0, 0.05) is 5.92 Å². The topological polar surface area (TPSA) is 118 Å². The SMILES string of the molecule is CC(C)[C@@H]([C@H](O)[C@@H](O)C(=O)O)[C@H](O)CO. The third-order valence-corrected chi connectivity index (χ3v) is 2.37. The Morgan fingerprint density at radius 3 is 1.93 bits per heavy atom. The van der Waals surface area contributed by atoms with Crippen LogP contribution in [0.2, 0.25) is 0 Å². The molecular weight excluding hydrogens is 204 g/mol. The zero-order valence-corrected chi connectivity index (χ0v) is 8.74. The molecule has 0 aliphatic rings. The molecule has 15 heavy (non-hydrogen) atoms. The molecule has 0 aromatic heterocycles. The summed E-state index contributed by atoms with van der Waals surface area (Å²) >= 11 is 0. The lowest BCUT2D eigenvalue weighted by Crippen LogP contribution is -2.47. The summed E-state index contributed by atoms with van der Waals surface area (Å²) in [5, 5.41) is 45.2. The van der Waals surface area contributed by atoms with Crippen molar-refractivity contribution in [2.24, 2.45) is 11.8 Å². The maximum atomic E-state index is 10.4. The second kappa shape index (κ2) is 6.02. The zero-order chi connectivity index (χ0) is 12.2. The largest absolute Gasteiger partial charge is 0.479 e. The summed E-state index contributed by atoms with van der Waals surface area (Å²) in [6, 6.07) is 0. The summed E-state index contributed by atoms with van der Waals surface area (Å²) < 4.78 is 0. The highest BCUT2D eigenvalue weighted by Crippen LogP contribution is 2.22. The molecule has 0 rings (SSSR count). The average Bonchev–Trinajstić information content (AvgIpc) is 2.15. The summed E-state index contributed by atoms with van der Waals surface area (Å²) in [4.78, 5) is 10.4. The molecule has 0 aliphatic carbocycles. The molecular formula is C9H18O6. The number of carbonyl (C=O) groups is 1. The van der Waals surface area contributed by atoms with Gasteiger partial charge in [-0.2, -0.15) is 0 Å². The highest BCUT2D eigenvalue weighted by Gasteiger charge is 2.36. The lowest BCUT2D eigenvalue weighted by atomic mass is 9.83. The average molecular weight is 222 g/mol. The Morgan fingerprint density at radius 2 is 1.67 bits per heavy atom. The predicted molar refractivity (Wildman–Crippen MR) is 51.1 cm³/mol. The number of aliphatic hydroxyl groups excluding tert-OH is 4. The summed E-state index contributed by atoms with van der Waals surface area (Å²) in [5.74, 6) is -2.71. The number of carboxylic acids is 1. The molecule has 0 spiro atoms. The number of hydrogen-bond donors (Lipinski definition) is 5. The number of hydrogen-bond acceptors (Lipinski definition) is 5. The highest BCUT2D eigenvalue weighted by molar-refractivity contribution is 5.72. The Labute approximate surface area is 87.8 Å². The molecule has 0 aromatic rings. The van der Waals surface area contributed by atoms with E-state index in [1.54, 1.807) is 13.8 Å². The van der Waals surface area contributed by atoms with E-state index in [9.17, 15) is 15.0 Å². The summed E-state index contributed by atoms with van der Waals surface area (Å²) in [7, 11) is 0. The Kier molecular flexibility index (Phi) is 5.74. The van der Waals surface area contributed by atoms with E-state index < -0.39 is 36.8 Å². The Hall–Kier alpha value is -0.690. The summed E-state index contributed by atoms with van der Waals surface area (Å²) in [5.41, 5.74) is 0. The van der Waals surface area contributed by atoms with Crippen molar-refractivity contribution in [3.8, 4) is 0 Å². The first-order valence-electron chi connectivity index (χ1n) is 4.70. The number of aliphatic hydroxyl groups is 4. The normalized spacial score (nSPS) is 19.7. The van der Waals surface area contributed by atoms with Gasteiger partial charge in [-0.3, -0.25) is 0 Å². The lowest BCUT2D eigenvalue weighted by molar-refractivity contribution is -0.159. The first kappa shape index (κ1) is 14.3. The van der Waals surface area contributed by atoms with E-state index in [1.165, 1.54) is 0 Å². The van der Waals surface area contributed by atoms with E-state index in [-0.39, 0.29) is 5.92 Å². The van der Waals surface area contributed by atoms with Crippen molar-refractivity contribution in [1.29, 1.82) is 0 Å². The molecule has 90 valence electrons. The van der Waals surface area contributed by atoms with Crippen molar-refractivity contribution < 1.29 is 30.3 Å². The van der Waals surface area contributed by atoms with Crippen LogP contribution < -0.4 is 0 Å². The van der Waals surface area contributed by atoms with E-state index in [1.807, 2.05) is 0 Å². The van der Waals surface area contributed by atoms with Crippen LogP contribution in [0.3, 0.4) is 0 Å². The fourth-order valence-corrected chi connectivity index (χ4v) is 1.54. The fourth-order valence-electron chi connectivity index (χ4n) is 1.54. The van der Waals surface area contributed by atoms with Gasteiger partial charge in [0.2, 0.25) is 0 Å². The summed E-state index contributed by atoms with van der Waals surface area (Å²) in [6.07, 6.45) is -4.82. The minimum atomic E-state index is -1.96. The second-order valence-electron chi connectivity index (χ2n) is 3.84. The van der Waals surface area contributed by atoms with E-state index in [0.29, 0.717) is 0 Å². The third-order valence-electron chi connectivity index (χ3n) is 2.37. The van der Waals surface area contributed by atoms with Gasteiger partial charge < -0.3 is 25.5 Å². The van der Waals surface area contributed by atoms with Crippen LogP contribution in [0.4, 0.5) is 0 Å². The minimum Gasteiger partial charge on any atom is -0.479 e. The van der Waals surface area contributed by atoms with E-state index in [0.717, 1.165) is 0 Å². The molecule has 0 aliphatic heterocycles. The monoisotopic (exact) mass is 222 g/mol. The van der Waals surface area contributed by atoms with Crippen LogP contribution in [0.5, 0.6) is 0 Å². The van der Waals surface area contributed by atoms with Crippen molar-refractivity contribution in [3.05, 3.63) is 0 Å². The van der Waals surface area contributed by atoms with Crippen LogP contribution in [0.25, 0.3) is 0 Å². The molecule has 6 nitrogen and oxygen atoms in total. The fraction of sp³-hybridized carbons (Fsp3) is 0.889. The highest BCUT2D eigenvalue weighted by atomic mass is 16.4. The maximum absolute atomic E-state index is 10.4. The summed E-state index contributed by atoms with van der Waals surface area (Å²) in [6.45, 7) is 2.72. The smallest absolute Gasteiger partial charge is 0.335 e. The van der Waals surface area contributed by atoms with E-state index in [4.69, 9.17) is 15.3 Å². The Balaban J connectivity index is 4.69. The number of aliphatic carboxylic acids is 1. The van der Waals surface area contributed by atoms with Gasteiger partial charge in [0.1, 0.15) is 0 Å². The van der Waals surface area contributed by atoms with Crippen LogP contribution >= 0.6 is 0 Å². The Bertz CT molecular complexity index is 205. The van der Waals surface area contributed by atoms with Crippen LogP contribution in [-0.2, 0) is 4.79 Å². The molecule has 0 radical (unpaired) electrons. The molecule has 0 aromatic carbocycles. The quantitative estimate of drug-likeness (QED) is 0.370. The molecule has 6 heteroatoms. The van der Waals surface area contributed by atoms with Crippen molar-refractivity contribution in [1.82, 2.24) is 0 Å². The lowest BCUT2D eigenvalue weighted by Gasteiger charge is -2.31. The number of rotatable bonds is 6. The molecule has 0 amide bonds. The van der Waals surface area contributed by atoms with E-state index >= 15 is 0 Å².